The van der Waals surface area contributed by atoms with Gasteiger partial charge in [0.2, 0.25) is 5.91 Å². The minimum atomic E-state index is 0.0931. The molecule has 0 aliphatic carbocycles. The molecule has 3 N–H and O–H groups in total. The molecule has 4 nitrogen and oxygen atoms in total. The van der Waals surface area contributed by atoms with Crippen LogP contribution < -0.4 is 15.8 Å². The van der Waals surface area contributed by atoms with Gasteiger partial charge in [-0.15, -0.1) is 0 Å². The van der Waals surface area contributed by atoms with E-state index in [1.54, 1.807) is 7.11 Å². The summed E-state index contributed by atoms with van der Waals surface area (Å²) < 4.78 is 5.27. The molecule has 1 rings (SSSR count). The zero-order chi connectivity index (χ0) is 14.1. The van der Waals surface area contributed by atoms with Gasteiger partial charge in [-0.3, -0.25) is 4.79 Å². The Labute approximate surface area is 115 Å². The second-order valence-corrected chi connectivity index (χ2v) is 4.78. The van der Waals surface area contributed by atoms with Crippen molar-refractivity contribution in [1.82, 2.24) is 5.32 Å². The molecule has 0 heterocycles. The summed E-state index contributed by atoms with van der Waals surface area (Å²) in [5, 5.41) is 2.92. The van der Waals surface area contributed by atoms with Crippen LogP contribution in [-0.2, 0) is 11.2 Å². The Morgan fingerprint density at radius 2 is 2.16 bits per heavy atom. The number of hydrogen-bond donors (Lipinski definition) is 2. The van der Waals surface area contributed by atoms with Crippen LogP contribution in [0.5, 0.6) is 5.75 Å². The smallest absolute Gasteiger partial charge is 0.220 e. The van der Waals surface area contributed by atoms with Crippen LogP contribution in [0.2, 0.25) is 0 Å². The lowest BCUT2D eigenvalue weighted by molar-refractivity contribution is -0.121. The lowest BCUT2D eigenvalue weighted by Crippen LogP contribution is -2.26. The highest BCUT2D eigenvalue weighted by Crippen LogP contribution is 2.17. The van der Waals surface area contributed by atoms with E-state index >= 15 is 0 Å². The maximum Gasteiger partial charge on any atom is 0.220 e. The van der Waals surface area contributed by atoms with E-state index in [0.717, 1.165) is 30.6 Å². The molecule has 0 aliphatic heterocycles. The Morgan fingerprint density at radius 3 is 2.84 bits per heavy atom. The van der Waals surface area contributed by atoms with Crippen molar-refractivity contribution >= 4 is 5.91 Å². The van der Waals surface area contributed by atoms with E-state index in [9.17, 15) is 4.79 Å². The molecule has 0 aliphatic rings. The molecule has 0 saturated carbocycles. The van der Waals surface area contributed by atoms with E-state index in [-0.39, 0.29) is 11.9 Å². The number of nitrogens with two attached hydrogens (primary N) is 1. The molecule has 4 heteroatoms. The lowest BCUT2D eigenvalue weighted by atomic mass is 10.1. The minimum absolute atomic E-state index is 0.0931. The fraction of sp³-hybridized carbons (Fsp3) is 0.533. The number of methoxy groups -OCH3 is 1. The summed E-state index contributed by atoms with van der Waals surface area (Å²) in [5.74, 6) is 0.962. The summed E-state index contributed by atoms with van der Waals surface area (Å²) in [6, 6.07) is 8.03. The highest BCUT2D eigenvalue weighted by molar-refractivity contribution is 5.75. The van der Waals surface area contributed by atoms with Gasteiger partial charge < -0.3 is 15.8 Å². The third-order valence-electron chi connectivity index (χ3n) is 2.97. The first-order valence-corrected chi connectivity index (χ1v) is 6.77. The number of ether oxygens (including phenoxy) is 1. The zero-order valence-corrected chi connectivity index (χ0v) is 11.8. The third kappa shape index (κ3) is 6.25. The number of carbonyl (C=O) groups excluding carboxylic acids is 1. The largest absolute Gasteiger partial charge is 0.496 e. The Morgan fingerprint density at radius 1 is 1.42 bits per heavy atom. The molecule has 106 valence electrons. The molecule has 1 unspecified atom stereocenters. The maximum absolute atomic E-state index is 11.6. The quantitative estimate of drug-likeness (QED) is 0.753. The molecule has 0 bridgehead atoms. The Hall–Kier alpha value is -1.55. The fourth-order valence-electron chi connectivity index (χ4n) is 1.92. The number of amides is 1. The van der Waals surface area contributed by atoms with Crippen molar-refractivity contribution < 1.29 is 9.53 Å². The summed E-state index contributed by atoms with van der Waals surface area (Å²) in [6.45, 7) is 2.59. The van der Waals surface area contributed by atoms with Crippen molar-refractivity contribution in [2.75, 3.05) is 13.7 Å². The predicted molar refractivity (Wildman–Crippen MR) is 77.2 cm³/mol. The van der Waals surface area contributed by atoms with Gasteiger partial charge in [-0.25, -0.2) is 0 Å². The van der Waals surface area contributed by atoms with Gasteiger partial charge in [0.15, 0.2) is 0 Å². The lowest BCUT2D eigenvalue weighted by Gasteiger charge is -2.09. The standard InChI is InChI=1S/C15H24N2O2/c1-12(16)6-5-9-15(18)17-11-10-13-7-3-4-8-14(13)19-2/h3-4,7-8,12H,5-6,9-11,16H2,1-2H3,(H,17,18). The number of hydrogen-bond acceptors (Lipinski definition) is 3. The second-order valence-electron chi connectivity index (χ2n) is 4.78. The molecule has 0 radical (unpaired) electrons. The molecule has 0 fully saturated rings. The van der Waals surface area contributed by atoms with E-state index in [1.807, 2.05) is 31.2 Å². The van der Waals surface area contributed by atoms with Crippen LogP contribution in [0.3, 0.4) is 0 Å². The van der Waals surface area contributed by atoms with Crippen LogP contribution >= 0.6 is 0 Å². The first-order chi connectivity index (χ1) is 9.13. The average molecular weight is 264 g/mol. The molecule has 1 atom stereocenters. The van der Waals surface area contributed by atoms with Gasteiger partial charge in [-0.2, -0.15) is 0 Å². The van der Waals surface area contributed by atoms with Gasteiger partial charge in [-0.1, -0.05) is 18.2 Å². The zero-order valence-electron chi connectivity index (χ0n) is 11.8. The van der Waals surface area contributed by atoms with E-state index in [2.05, 4.69) is 5.32 Å². The van der Waals surface area contributed by atoms with E-state index in [4.69, 9.17) is 10.5 Å². The highest BCUT2D eigenvalue weighted by atomic mass is 16.5. The Kier molecular flexibility index (Phi) is 6.97. The molecular formula is C15H24N2O2. The molecule has 1 amide bonds. The van der Waals surface area contributed by atoms with Crippen LogP contribution in [0.25, 0.3) is 0 Å². The van der Waals surface area contributed by atoms with Crippen LogP contribution in [0.4, 0.5) is 0 Å². The Balaban J connectivity index is 2.24. The summed E-state index contributed by atoms with van der Waals surface area (Å²) in [5.41, 5.74) is 6.75. The van der Waals surface area contributed by atoms with E-state index in [1.165, 1.54) is 0 Å². The van der Waals surface area contributed by atoms with Crippen molar-refractivity contribution in [1.29, 1.82) is 0 Å². The Bertz CT molecular complexity index is 391. The fourth-order valence-corrected chi connectivity index (χ4v) is 1.92. The van der Waals surface area contributed by atoms with Crippen molar-refractivity contribution in [2.24, 2.45) is 5.73 Å². The van der Waals surface area contributed by atoms with Crippen molar-refractivity contribution in [2.45, 2.75) is 38.6 Å². The van der Waals surface area contributed by atoms with Crippen molar-refractivity contribution in [3.63, 3.8) is 0 Å². The summed E-state index contributed by atoms with van der Waals surface area (Å²) in [7, 11) is 1.66. The number of nitrogens with one attached hydrogen (secondary N) is 1. The highest BCUT2D eigenvalue weighted by Gasteiger charge is 2.04. The van der Waals surface area contributed by atoms with Gasteiger partial charge in [0.05, 0.1) is 7.11 Å². The minimum Gasteiger partial charge on any atom is -0.496 e. The normalized spacial score (nSPS) is 11.9. The van der Waals surface area contributed by atoms with Gasteiger partial charge >= 0.3 is 0 Å². The molecular weight excluding hydrogens is 240 g/mol. The molecule has 19 heavy (non-hydrogen) atoms. The monoisotopic (exact) mass is 264 g/mol. The summed E-state index contributed by atoms with van der Waals surface area (Å²) in [4.78, 5) is 11.6. The molecule has 1 aromatic rings. The molecule has 0 saturated heterocycles. The molecule has 1 aromatic carbocycles. The van der Waals surface area contributed by atoms with Gasteiger partial charge in [0.25, 0.3) is 0 Å². The van der Waals surface area contributed by atoms with Crippen LogP contribution in [0.15, 0.2) is 24.3 Å². The van der Waals surface area contributed by atoms with E-state index in [0.29, 0.717) is 13.0 Å². The third-order valence-corrected chi connectivity index (χ3v) is 2.97. The number of rotatable bonds is 8. The first kappa shape index (κ1) is 15.5. The number of benzene rings is 1. The van der Waals surface area contributed by atoms with Gasteiger partial charge in [-0.05, 0) is 37.8 Å². The maximum atomic E-state index is 11.6. The van der Waals surface area contributed by atoms with Crippen LogP contribution in [0.1, 0.15) is 31.7 Å². The second kappa shape index (κ2) is 8.53. The predicted octanol–water partition coefficient (Wildman–Crippen LogP) is 1.87. The molecule has 0 spiro atoms. The van der Waals surface area contributed by atoms with Crippen molar-refractivity contribution in [3.8, 4) is 5.75 Å². The SMILES string of the molecule is COc1ccccc1CCNC(=O)CCCC(C)N. The van der Waals surface area contributed by atoms with Gasteiger partial charge in [0, 0.05) is 19.0 Å². The van der Waals surface area contributed by atoms with Crippen LogP contribution in [-0.4, -0.2) is 25.6 Å². The van der Waals surface area contributed by atoms with Crippen LogP contribution in [0, 0.1) is 0 Å². The summed E-state index contributed by atoms with van der Waals surface area (Å²) in [6.07, 6.45) is 3.06. The topological polar surface area (TPSA) is 64.3 Å². The van der Waals surface area contributed by atoms with E-state index < -0.39 is 0 Å². The average Bonchev–Trinajstić information content (AvgIpc) is 2.39. The number of para-hydroxylation sites is 1. The molecule has 0 aromatic heterocycles. The summed E-state index contributed by atoms with van der Waals surface area (Å²) >= 11 is 0. The van der Waals surface area contributed by atoms with Crippen molar-refractivity contribution in [3.05, 3.63) is 29.8 Å². The number of carbonyl (C=O) groups is 1. The van der Waals surface area contributed by atoms with Gasteiger partial charge in [0.1, 0.15) is 5.75 Å². The first-order valence-electron chi connectivity index (χ1n) is 6.77.